The quantitative estimate of drug-likeness (QED) is 0.919. The van der Waals surface area contributed by atoms with Gasteiger partial charge in [-0.2, -0.15) is 0 Å². The summed E-state index contributed by atoms with van der Waals surface area (Å²) >= 11 is 0. The zero-order chi connectivity index (χ0) is 13.9. The Morgan fingerprint density at radius 2 is 2.00 bits per heavy atom. The number of aryl methyl sites for hydroxylation is 1. The van der Waals surface area contributed by atoms with Crippen molar-refractivity contribution in [2.45, 2.75) is 25.7 Å². The van der Waals surface area contributed by atoms with Crippen LogP contribution in [0.25, 0.3) is 11.0 Å². The van der Waals surface area contributed by atoms with Crippen LogP contribution in [0.4, 0.5) is 0 Å². The lowest BCUT2D eigenvalue weighted by atomic mass is 10.2. The third kappa shape index (κ3) is 2.57. The maximum Gasteiger partial charge on any atom is 0.270 e. The first-order chi connectivity index (χ1) is 9.74. The summed E-state index contributed by atoms with van der Waals surface area (Å²) < 4.78 is 0. The average molecular weight is 271 g/mol. The van der Waals surface area contributed by atoms with Crippen molar-refractivity contribution in [3.05, 3.63) is 40.3 Å². The Balaban J connectivity index is 1.75. The summed E-state index contributed by atoms with van der Waals surface area (Å²) in [6, 6.07) is 7.42. The van der Waals surface area contributed by atoms with E-state index in [4.69, 9.17) is 0 Å². The zero-order valence-corrected chi connectivity index (χ0v) is 11.3. The predicted octanol–water partition coefficient (Wildman–Crippen LogP) is 1.48. The van der Waals surface area contributed by atoms with E-state index < -0.39 is 0 Å². The first-order valence-electron chi connectivity index (χ1n) is 7.00. The van der Waals surface area contributed by atoms with E-state index in [0.717, 1.165) is 37.0 Å². The van der Waals surface area contributed by atoms with Gasteiger partial charge in [-0.3, -0.25) is 9.59 Å². The van der Waals surface area contributed by atoms with Crippen LogP contribution in [-0.4, -0.2) is 33.9 Å². The summed E-state index contributed by atoms with van der Waals surface area (Å²) in [5.41, 5.74) is 1.73. The molecule has 0 bridgehead atoms. The molecule has 3 rings (SSSR count). The smallest absolute Gasteiger partial charge is 0.270 e. The Kier molecular flexibility index (Phi) is 3.50. The van der Waals surface area contributed by atoms with Crippen molar-refractivity contribution in [3.8, 4) is 0 Å². The highest BCUT2D eigenvalue weighted by Gasteiger charge is 2.18. The summed E-state index contributed by atoms with van der Waals surface area (Å²) in [5.74, 6) is 0.122. The fourth-order valence-electron chi connectivity index (χ4n) is 2.59. The maximum absolute atomic E-state index is 12.0. The van der Waals surface area contributed by atoms with Crippen molar-refractivity contribution in [2.24, 2.45) is 0 Å². The number of nitrogens with one attached hydrogen (secondary N) is 1. The van der Waals surface area contributed by atoms with Gasteiger partial charge in [0.2, 0.25) is 5.91 Å². The number of aromatic nitrogens is 2. The van der Waals surface area contributed by atoms with Crippen LogP contribution < -0.4 is 5.56 Å². The van der Waals surface area contributed by atoms with E-state index in [9.17, 15) is 9.59 Å². The Morgan fingerprint density at radius 1 is 1.25 bits per heavy atom. The number of carbonyl (C=O) groups is 1. The number of fused-ring (bicyclic) bond motifs is 1. The highest BCUT2D eigenvalue weighted by Crippen LogP contribution is 2.11. The SMILES string of the molecule is O=C(CCc1nc2ccccc2[nH]c1=O)N1CCCC1. The molecule has 20 heavy (non-hydrogen) atoms. The third-order valence-electron chi connectivity index (χ3n) is 3.70. The van der Waals surface area contributed by atoms with E-state index in [0.29, 0.717) is 18.5 Å². The van der Waals surface area contributed by atoms with E-state index in [1.54, 1.807) is 0 Å². The summed E-state index contributed by atoms with van der Waals surface area (Å²) in [4.78, 5) is 32.9. The van der Waals surface area contributed by atoms with Crippen molar-refractivity contribution in [1.29, 1.82) is 0 Å². The van der Waals surface area contributed by atoms with Crippen LogP contribution in [0.5, 0.6) is 0 Å². The van der Waals surface area contributed by atoms with Gasteiger partial charge in [-0.1, -0.05) is 12.1 Å². The number of hydrogen-bond acceptors (Lipinski definition) is 3. The van der Waals surface area contributed by atoms with E-state index in [1.165, 1.54) is 0 Å². The van der Waals surface area contributed by atoms with Crippen molar-refractivity contribution >= 4 is 16.9 Å². The van der Waals surface area contributed by atoms with Gasteiger partial charge in [0, 0.05) is 25.9 Å². The molecule has 5 nitrogen and oxygen atoms in total. The lowest BCUT2D eigenvalue weighted by Crippen LogP contribution is -2.28. The van der Waals surface area contributed by atoms with Crippen LogP contribution >= 0.6 is 0 Å². The summed E-state index contributed by atoms with van der Waals surface area (Å²) in [6.07, 6.45) is 2.92. The topological polar surface area (TPSA) is 66.1 Å². The number of rotatable bonds is 3. The molecule has 1 N–H and O–H groups in total. The van der Waals surface area contributed by atoms with Crippen LogP contribution in [-0.2, 0) is 11.2 Å². The number of para-hydroxylation sites is 2. The van der Waals surface area contributed by atoms with Crippen LogP contribution in [0.1, 0.15) is 25.0 Å². The monoisotopic (exact) mass is 271 g/mol. The second-order valence-electron chi connectivity index (χ2n) is 5.12. The molecule has 104 valence electrons. The number of carbonyl (C=O) groups excluding carboxylic acids is 1. The zero-order valence-electron chi connectivity index (χ0n) is 11.3. The van der Waals surface area contributed by atoms with Crippen LogP contribution in [0.3, 0.4) is 0 Å². The summed E-state index contributed by atoms with van der Waals surface area (Å²) in [5, 5.41) is 0. The molecule has 1 aromatic carbocycles. The second kappa shape index (κ2) is 5.45. The van der Waals surface area contributed by atoms with Gasteiger partial charge in [-0.05, 0) is 25.0 Å². The second-order valence-corrected chi connectivity index (χ2v) is 5.12. The standard InChI is InChI=1S/C15H17N3O2/c19-14(18-9-3-4-10-18)8-7-13-15(20)17-12-6-2-1-5-11(12)16-13/h1-2,5-6H,3-4,7-10H2,(H,17,20). The average Bonchev–Trinajstić information content (AvgIpc) is 2.99. The van der Waals surface area contributed by atoms with Gasteiger partial charge in [-0.25, -0.2) is 4.98 Å². The van der Waals surface area contributed by atoms with Gasteiger partial charge in [0.1, 0.15) is 5.69 Å². The molecular formula is C15H17N3O2. The number of amides is 1. The lowest BCUT2D eigenvalue weighted by Gasteiger charge is -2.14. The Hall–Kier alpha value is -2.17. The normalized spacial score (nSPS) is 14.9. The molecule has 0 aliphatic carbocycles. The molecule has 0 saturated carbocycles. The molecule has 2 aromatic rings. The molecule has 0 atom stereocenters. The molecule has 5 heteroatoms. The van der Waals surface area contributed by atoms with E-state index in [1.807, 2.05) is 29.2 Å². The van der Waals surface area contributed by atoms with Gasteiger partial charge in [-0.15, -0.1) is 0 Å². The van der Waals surface area contributed by atoms with Crippen molar-refractivity contribution < 1.29 is 4.79 Å². The molecular weight excluding hydrogens is 254 g/mol. The molecule has 1 aliphatic heterocycles. The summed E-state index contributed by atoms with van der Waals surface area (Å²) in [7, 11) is 0. The van der Waals surface area contributed by atoms with E-state index in [-0.39, 0.29) is 11.5 Å². The Bertz CT molecular complexity index is 687. The predicted molar refractivity (Wildman–Crippen MR) is 76.5 cm³/mol. The Morgan fingerprint density at radius 3 is 2.80 bits per heavy atom. The number of nitrogens with zero attached hydrogens (tertiary/aromatic N) is 2. The fraction of sp³-hybridized carbons (Fsp3) is 0.400. The minimum atomic E-state index is -0.196. The van der Waals surface area contributed by atoms with Gasteiger partial charge in [0.15, 0.2) is 0 Å². The number of likely N-dealkylation sites (tertiary alicyclic amines) is 1. The number of hydrogen-bond donors (Lipinski definition) is 1. The number of H-pyrrole nitrogens is 1. The maximum atomic E-state index is 12.0. The highest BCUT2D eigenvalue weighted by atomic mass is 16.2. The molecule has 0 spiro atoms. The van der Waals surface area contributed by atoms with Crippen LogP contribution in [0.2, 0.25) is 0 Å². The van der Waals surface area contributed by atoms with E-state index in [2.05, 4.69) is 9.97 Å². The number of benzene rings is 1. The Labute approximate surface area is 116 Å². The molecule has 1 aliphatic rings. The van der Waals surface area contributed by atoms with Crippen molar-refractivity contribution in [1.82, 2.24) is 14.9 Å². The molecule has 1 aromatic heterocycles. The van der Waals surface area contributed by atoms with Crippen molar-refractivity contribution in [3.63, 3.8) is 0 Å². The van der Waals surface area contributed by atoms with Crippen LogP contribution in [0, 0.1) is 0 Å². The van der Waals surface area contributed by atoms with Gasteiger partial charge in [0.05, 0.1) is 11.0 Å². The molecule has 1 amide bonds. The molecule has 0 radical (unpaired) electrons. The van der Waals surface area contributed by atoms with Gasteiger partial charge >= 0.3 is 0 Å². The first kappa shape index (κ1) is 12.8. The minimum absolute atomic E-state index is 0.122. The summed E-state index contributed by atoms with van der Waals surface area (Å²) in [6.45, 7) is 1.70. The van der Waals surface area contributed by atoms with Crippen molar-refractivity contribution in [2.75, 3.05) is 13.1 Å². The number of aromatic amines is 1. The van der Waals surface area contributed by atoms with Crippen LogP contribution in [0.15, 0.2) is 29.1 Å². The molecule has 1 saturated heterocycles. The largest absolute Gasteiger partial charge is 0.343 e. The minimum Gasteiger partial charge on any atom is -0.343 e. The van der Waals surface area contributed by atoms with E-state index >= 15 is 0 Å². The van der Waals surface area contributed by atoms with Gasteiger partial charge in [0.25, 0.3) is 5.56 Å². The fourth-order valence-corrected chi connectivity index (χ4v) is 2.59. The lowest BCUT2D eigenvalue weighted by molar-refractivity contribution is -0.130. The molecule has 0 unspecified atom stereocenters. The molecule has 2 heterocycles. The highest BCUT2D eigenvalue weighted by molar-refractivity contribution is 5.77. The molecule has 1 fully saturated rings. The van der Waals surface area contributed by atoms with Gasteiger partial charge < -0.3 is 9.88 Å². The first-order valence-corrected chi connectivity index (χ1v) is 7.00. The third-order valence-corrected chi connectivity index (χ3v) is 3.70.